The molecule has 0 spiro atoms. The lowest BCUT2D eigenvalue weighted by atomic mass is 10.2. The van der Waals surface area contributed by atoms with Crippen LogP contribution < -0.4 is 4.74 Å². The molecule has 2 aromatic rings. The Bertz CT molecular complexity index is 611. The summed E-state index contributed by atoms with van der Waals surface area (Å²) in [4.78, 5) is 0. The van der Waals surface area contributed by atoms with E-state index in [1.54, 1.807) is 26.1 Å². The largest absolute Gasteiger partial charge is 0.438 e. The third-order valence-electron chi connectivity index (χ3n) is 2.63. The highest BCUT2D eigenvalue weighted by Crippen LogP contribution is 2.28. The molecule has 0 unspecified atom stereocenters. The SMILES string of the molecule is Cc1nn(C)c(Oc2ccccc2CO)c1C#N. The molecule has 0 fully saturated rings. The minimum atomic E-state index is -0.116. The van der Waals surface area contributed by atoms with Gasteiger partial charge >= 0.3 is 0 Å². The molecular formula is C13H13N3O2. The molecule has 0 saturated carbocycles. The molecule has 0 saturated heterocycles. The number of rotatable bonds is 3. The fourth-order valence-corrected chi connectivity index (χ4v) is 1.72. The number of nitrogens with zero attached hydrogens (tertiary/aromatic N) is 3. The summed E-state index contributed by atoms with van der Waals surface area (Å²) in [7, 11) is 1.71. The zero-order valence-corrected chi connectivity index (χ0v) is 10.2. The van der Waals surface area contributed by atoms with E-state index < -0.39 is 0 Å². The summed E-state index contributed by atoms with van der Waals surface area (Å²) in [6.07, 6.45) is 0. The van der Waals surface area contributed by atoms with Crippen molar-refractivity contribution < 1.29 is 9.84 Å². The van der Waals surface area contributed by atoms with Gasteiger partial charge < -0.3 is 9.84 Å². The van der Waals surface area contributed by atoms with E-state index in [-0.39, 0.29) is 6.61 Å². The Balaban J connectivity index is 2.44. The molecule has 0 amide bonds. The summed E-state index contributed by atoms with van der Waals surface area (Å²) < 4.78 is 7.21. The van der Waals surface area contributed by atoms with Crippen molar-refractivity contribution in [1.82, 2.24) is 9.78 Å². The monoisotopic (exact) mass is 243 g/mol. The van der Waals surface area contributed by atoms with Gasteiger partial charge in [0, 0.05) is 12.6 Å². The first kappa shape index (κ1) is 12.1. The molecule has 2 rings (SSSR count). The maximum atomic E-state index is 9.23. The van der Waals surface area contributed by atoms with Gasteiger partial charge in [-0.25, -0.2) is 4.68 Å². The molecule has 5 heteroatoms. The number of para-hydroxylation sites is 1. The van der Waals surface area contributed by atoms with Crippen molar-refractivity contribution in [3.63, 3.8) is 0 Å². The van der Waals surface area contributed by atoms with Gasteiger partial charge in [0.2, 0.25) is 5.88 Å². The van der Waals surface area contributed by atoms with Gasteiger partial charge in [0.15, 0.2) is 0 Å². The molecule has 0 aliphatic heterocycles. The van der Waals surface area contributed by atoms with Crippen molar-refractivity contribution in [2.24, 2.45) is 7.05 Å². The lowest BCUT2D eigenvalue weighted by molar-refractivity contribution is 0.275. The number of hydrogen-bond donors (Lipinski definition) is 1. The summed E-state index contributed by atoms with van der Waals surface area (Å²) in [6, 6.07) is 9.21. The fourth-order valence-electron chi connectivity index (χ4n) is 1.72. The summed E-state index contributed by atoms with van der Waals surface area (Å²) in [6.45, 7) is 1.64. The van der Waals surface area contributed by atoms with Gasteiger partial charge in [-0.1, -0.05) is 18.2 Å². The van der Waals surface area contributed by atoms with E-state index in [9.17, 15) is 5.11 Å². The van der Waals surface area contributed by atoms with Gasteiger partial charge in [0.1, 0.15) is 17.4 Å². The molecule has 1 aromatic heterocycles. The van der Waals surface area contributed by atoms with Gasteiger partial charge in [0.25, 0.3) is 0 Å². The van der Waals surface area contributed by atoms with Crippen molar-refractivity contribution in [3.8, 4) is 17.7 Å². The van der Waals surface area contributed by atoms with Crippen LogP contribution in [-0.4, -0.2) is 14.9 Å². The normalized spacial score (nSPS) is 10.1. The van der Waals surface area contributed by atoms with Crippen LogP contribution in [0.5, 0.6) is 11.6 Å². The number of aromatic nitrogens is 2. The van der Waals surface area contributed by atoms with Crippen molar-refractivity contribution >= 4 is 0 Å². The number of aryl methyl sites for hydroxylation is 2. The number of aliphatic hydroxyl groups is 1. The Morgan fingerprint density at radius 1 is 1.44 bits per heavy atom. The predicted molar refractivity (Wildman–Crippen MR) is 65.1 cm³/mol. The van der Waals surface area contributed by atoms with Gasteiger partial charge in [0.05, 0.1) is 12.3 Å². The van der Waals surface area contributed by atoms with Crippen molar-refractivity contribution in [1.29, 1.82) is 5.26 Å². The van der Waals surface area contributed by atoms with Crippen LogP contribution in [0.15, 0.2) is 24.3 Å². The highest BCUT2D eigenvalue weighted by Gasteiger charge is 2.16. The van der Waals surface area contributed by atoms with Crippen LogP contribution in [0, 0.1) is 18.3 Å². The molecule has 1 aromatic carbocycles. The fraction of sp³-hybridized carbons (Fsp3) is 0.231. The summed E-state index contributed by atoms with van der Waals surface area (Å²) in [5, 5.41) is 22.5. The van der Waals surface area contributed by atoms with E-state index in [1.165, 1.54) is 4.68 Å². The van der Waals surface area contributed by atoms with Crippen LogP contribution in [0.25, 0.3) is 0 Å². The first-order chi connectivity index (χ1) is 8.67. The van der Waals surface area contributed by atoms with E-state index >= 15 is 0 Å². The lowest BCUT2D eigenvalue weighted by Gasteiger charge is -2.09. The highest BCUT2D eigenvalue weighted by atomic mass is 16.5. The van der Waals surface area contributed by atoms with Crippen LogP contribution in [0.2, 0.25) is 0 Å². The van der Waals surface area contributed by atoms with Crippen LogP contribution in [0.4, 0.5) is 0 Å². The van der Waals surface area contributed by atoms with Gasteiger partial charge in [-0.05, 0) is 13.0 Å². The Labute approximate surface area is 105 Å². The molecule has 0 aliphatic rings. The molecule has 1 heterocycles. The Kier molecular flexibility index (Phi) is 3.31. The highest BCUT2D eigenvalue weighted by molar-refractivity contribution is 5.45. The van der Waals surface area contributed by atoms with Gasteiger partial charge in [-0.3, -0.25) is 0 Å². The van der Waals surface area contributed by atoms with Crippen LogP contribution >= 0.6 is 0 Å². The Morgan fingerprint density at radius 3 is 2.83 bits per heavy atom. The zero-order valence-electron chi connectivity index (χ0n) is 10.2. The molecular weight excluding hydrogens is 230 g/mol. The molecule has 18 heavy (non-hydrogen) atoms. The van der Waals surface area contributed by atoms with E-state index in [0.717, 1.165) is 0 Å². The summed E-state index contributed by atoms with van der Waals surface area (Å²) in [5.41, 5.74) is 1.70. The number of aliphatic hydroxyl groups excluding tert-OH is 1. The number of hydrogen-bond acceptors (Lipinski definition) is 4. The first-order valence-corrected chi connectivity index (χ1v) is 5.47. The van der Waals surface area contributed by atoms with Crippen LogP contribution in [-0.2, 0) is 13.7 Å². The summed E-state index contributed by atoms with van der Waals surface area (Å²) in [5.74, 6) is 0.912. The topological polar surface area (TPSA) is 71.1 Å². The third-order valence-corrected chi connectivity index (χ3v) is 2.63. The second-order valence-electron chi connectivity index (χ2n) is 3.87. The van der Waals surface area contributed by atoms with Crippen molar-refractivity contribution in [2.75, 3.05) is 0 Å². The Morgan fingerprint density at radius 2 is 2.17 bits per heavy atom. The number of ether oxygens (including phenoxy) is 1. The van der Waals surface area contributed by atoms with E-state index in [0.29, 0.717) is 28.5 Å². The predicted octanol–water partition coefficient (Wildman–Crippen LogP) is 1.88. The average molecular weight is 243 g/mol. The van der Waals surface area contributed by atoms with Gasteiger partial charge in [-0.15, -0.1) is 0 Å². The molecule has 0 radical (unpaired) electrons. The number of benzene rings is 1. The molecule has 0 bridgehead atoms. The van der Waals surface area contributed by atoms with Crippen molar-refractivity contribution in [2.45, 2.75) is 13.5 Å². The maximum Gasteiger partial charge on any atom is 0.235 e. The van der Waals surface area contributed by atoms with Crippen LogP contribution in [0.1, 0.15) is 16.8 Å². The number of nitriles is 1. The van der Waals surface area contributed by atoms with Crippen molar-refractivity contribution in [3.05, 3.63) is 41.1 Å². The molecule has 1 N–H and O–H groups in total. The molecule has 5 nitrogen and oxygen atoms in total. The zero-order chi connectivity index (χ0) is 13.1. The summed E-state index contributed by atoms with van der Waals surface area (Å²) >= 11 is 0. The molecule has 0 atom stereocenters. The van der Waals surface area contributed by atoms with E-state index in [1.807, 2.05) is 12.1 Å². The second kappa shape index (κ2) is 4.90. The molecule has 0 aliphatic carbocycles. The lowest BCUT2D eigenvalue weighted by Crippen LogP contribution is -1.98. The van der Waals surface area contributed by atoms with E-state index in [4.69, 9.17) is 10.00 Å². The third kappa shape index (κ3) is 2.06. The quantitative estimate of drug-likeness (QED) is 0.893. The average Bonchev–Trinajstić information content (AvgIpc) is 2.64. The minimum Gasteiger partial charge on any atom is -0.438 e. The van der Waals surface area contributed by atoms with Crippen LogP contribution in [0.3, 0.4) is 0 Å². The van der Waals surface area contributed by atoms with Gasteiger partial charge in [-0.2, -0.15) is 10.4 Å². The molecule has 92 valence electrons. The second-order valence-corrected chi connectivity index (χ2v) is 3.87. The van der Waals surface area contributed by atoms with E-state index in [2.05, 4.69) is 11.2 Å². The maximum absolute atomic E-state index is 9.23. The first-order valence-electron chi connectivity index (χ1n) is 5.47. The Hall–Kier alpha value is -2.32. The smallest absolute Gasteiger partial charge is 0.235 e. The standard InChI is InChI=1S/C13H13N3O2/c1-9-11(7-14)13(16(2)15-9)18-12-6-4-3-5-10(12)8-17/h3-6,17H,8H2,1-2H3. The minimum absolute atomic E-state index is 0.116.